The van der Waals surface area contributed by atoms with Gasteiger partial charge in [-0.2, -0.15) is 0 Å². The summed E-state index contributed by atoms with van der Waals surface area (Å²) in [7, 11) is 3.53. The highest BCUT2D eigenvalue weighted by atomic mass is 127. The van der Waals surface area contributed by atoms with E-state index in [-0.39, 0.29) is 24.0 Å². The smallest absolute Gasteiger partial charge is 0.193 e. The normalized spacial score (nSPS) is 19.2. The molecule has 2 saturated heterocycles. The van der Waals surface area contributed by atoms with Gasteiger partial charge in [0.2, 0.25) is 0 Å². The molecule has 2 heterocycles. The van der Waals surface area contributed by atoms with Crippen LogP contribution in [0.3, 0.4) is 0 Å². The predicted molar refractivity (Wildman–Crippen MR) is 142 cm³/mol. The average molecular weight is 566 g/mol. The standard InChI is InChI=1S/C25H34N4O3.HI/c1-26-25(29-11-10-22(18-29)28-12-14-31-15-13-28)27-17-21-8-9-23(24(16-21)30-2)32-19-20-6-4-3-5-7-20;/h3-9,16,22H,10-15,17-19H2,1-2H3,(H,26,27);1H. The Kier molecular flexibility index (Phi) is 10.1. The fraction of sp³-hybridized carbons (Fsp3) is 0.480. The van der Waals surface area contributed by atoms with Gasteiger partial charge in [-0.3, -0.25) is 9.89 Å². The monoisotopic (exact) mass is 566 g/mol. The Morgan fingerprint density at radius 3 is 2.58 bits per heavy atom. The summed E-state index contributed by atoms with van der Waals surface area (Å²) in [6.45, 7) is 6.98. The zero-order chi connectivity index (χ0) is 22.2. The Labute approximate surface area is 214 Å². The number of hydrogen-bond acceptors (Lipinski definition) is 5. The van der Waals surface area contributed by atoms with E-state index >= 15 is 0 Å². The van der Waals surface area contributed by atoms with Crippen LogP contribution in [0.15, 0.2) is 53.5 Å². The number of hydrogen-bond donors (Lipinski definition) is 1. The van der Waals surface area contributed by atoms with Crippen molar-refractivity contribution in [2.24, 2.45) is 4.99 Å². The largest absolute Gasteiger partial charge is 0.493 e. The number of morpholine rings is 1. The van der Waals surface area contributed by atoms with Gasteiger partial charge >= 0.3 is 0 Å². The summed E-state index contributed by atoms with van der Waals surface area (Å²) in [6.07, 6.45) is 1.17. The van der Waals surface area contributed by atoms with Gasteiger partial charge < -0.3 is 24.4 Å². The first-order chi connectivity index (χ1) is 15.8. The van der Waals surface area contributed by atoms with Crippen LogP contribution in [0.1, 0.15) is 17.5 Å². The predicted octanol–water partition coefficient (Wildman–Crippen LogP) is 3.37. The zero-order valence-corrected chi connectivity index (χ0v) is 21.9. The average Bonchev–Trinajstić information content (AvgIpc) is 3.35. The van der Waals surface area contributed by atoms with Crippen LogP contribution in [0.5, 0.6) is 11.5 Å². The SMILES string of the molecule is CN=C(NCc1ccc(OCc2ccccc2)c(OC)c1)N1CCC(N2CCOCC2)C1.I. The van der Waals surface area contributed by atoms with Crippen LogP contribution in [-0.2, 0) is 17.9 Å². The number of ether oxygens (including phenoxy) is 3. The van der Waals surface area contributed by atoms with Gasteiger partial charge in [0, 0.05) is 45.8 Å². The van der Waals surface area contributed by atoms with Crippen molar-refractivity contribution in [1.82, 2.24) is 15.1 Å². The second kappa shape index (κ2) is 13.0. The molecule has 2 aliphatic heterocycles. The molecule has 0 spiro atoms. The molecule has 0 aliphatic carbocycles. The van der Waals surface area contributed by atoms with E-state index in [1.165, 1.54) is 6.42 Å². The number of aliphatic imine (C=N–C) groups is 1. The van der Waals surface area contributed by atoms with E-state index < -0.39 is 0 Å². The van der Waals surface area contributed by atoms with Crippen molar-refractivity contribution in [2.75, 3.05) is 53.6 Å². The topological polar surface area (TPSA) is 58.6 Å². The quantitative estimate of drug-likeness (QED) is 0.315. The van der Waals surface area contributed by atoms with Gasteiger partial charge in [-0.25, -0.2) is 0 Å². The van der Waals surface area contributed by atoms with Gasteiger partial charge in [-0.15, -0.1) is 24.0 Å². The van der Waals surface area contributed by atoms with Gasteiger partial charge in [0.05, 0.1) is 20.3 Å². The third kappa shape index (κ3) is 6.97. The molecule has 180 valence electrons. The lowest BCUT2D eigenvalue weighted by Gasteiger charge is -2.32. The lowest BCUT2D eigenvalue weighted by atomic mass is 10.2. The molecular weight excluding hydrogens is 531 g/mol. The first-order valence-electron chi connectivity index (χ1n) is 11.4. The maximum Gasteiger partial charge on any atom is 0.193 e. The molecule has 7 nitrogen and oxygen atoms in total. The number of nitrogens with zero attached hydrogens (tertiary/aromatic N) is 3. The Morgan fingerprint density at radius 2 is 1.85 bits per heavy atom. The van der Waals surface area contributed by atoms with Crippen LogP contribution < -0.4 is 14.8 Å². The highest BCUT2D eigenvalue weighted by Gasteiger charge is 2.30. The zero-order valence-electron chi connectivity index (χ0n) is 19.5. The molecule has 0 bridgehead atoms. The Bertz CT molecular complexity index is 890. The lowest BCUT2D eigenvalue weighted by Crippen LogP contribution is -2.46. The number of halogens is 1. The number of methoxy groups -OCH3 is 1. The van der Waals surface area contributed by atoms with Gasteiger partial charge in [0.25, 0.3) is 0 Å². The minimum absolute atomic E-state index is 0. The van der Waals surface area contributed by atoms with Crippen molar-refractivity contribution < 1.29 is 14.2 Å². The summed E-state index contributed by atoms with van der Waals surface area (Å²) in [5.41, 5.74) is 2.25. The molecule has 2 aromatic carbocycles. The molecule has 33 heavy (non-hydrogen) atoms. The summed E-state index contributed by atoms with van der Waals surface area (Å²) in [6, 6.07) is 16.8. The Morgan fingerprint density at radius 1 is 1.06 bits per heavy atom. The van der Waals surface area contributed by atoms with Crippen LogP contribution in [0.25, 0.3) is 0 Å². The molecule has 0 amide bonds. The van der Waals surface area contributed by atoms with Crippen molar-refractivity contribution >= 4 is 29.9 Å². The molecule has 0 radical (unpaired) electrons. The highest BCUT2D eigenvalue weighted by molar-refractivity contribution is 14.0. The fourth-order valence-electron chi connectivity index (χ4n) is 4.36. The summed E-state index contributed by atoms with van der Waals surface area (Å²) in [5.74, 6) is 2.44. The first-order valence-corrected chi connectivity index (χ1v) is 11.4. The molecule has 2 aliphatic rings. The van der Waals surface area contributed by atoms with Crippen molar-refractivity contribution in [3.05, 3.63) is 59.7 Å². The van der Waals surface area contributed by atoms with Crippen molar-refractivity contribution in [2.45, 2.75) is 25.6 Å². The number of guanidine groups is 1. The van der Waals surface area contributed by atoms with Crippen LogP contribution in [-0.4, -0.2) is 75.4 Å². The minimum Gasteiger partial charge on any atom is -0.493 e. The summed E-state index contributed by atoms with van der Waals surface area (Å²) in [5, 5.41) is 3.52. The number of rotatable bonds is 7. The molecule has 4 rings (SSSR count). The van der Waals surface area contributed by atoms with E-state index in [0.717, 1.165) is 68.0 Å². The van der Waals surface area contributed by atoms with Crippen LogP contribution in [0.2, 0.25) is 0 Å². The molecule has 1 atom stereocenters. The van der Waals surface area contributed by atoms with Gasteiger partial charge in [-0.05, 0) is 29.7 Å². The van der Waals surface area contributed by atoms with Crippen LogP contribution >= 0.6 is 24.0 Å². The van der Waals surface area contributed by atoms with Crippen LogP contribution in [0, 0.1) is 0 Å². The summed E-state index contributed by atoms with van der Waals surface area (Å²) < 4.78 is 17.1. The van der Waals surface area contributed by atoms with E-state index in [4.69, 9.17) is 14.2 Å². The molecule has 0 saturated carbocycles. The van der Waals surface area contributed by atoms with E-state index in [1.807, 2.05) is 37.4 Å². The summed E-state index contributed by atoms with van der Waals surface area (Å²) in [4.78, 5) is 9.43. The fourth-order valence-corrected chi connectivity index (χ4v) is 4.36. The Hall–Kier alpha value is -2.04. The molecule has 1 N–H and O–H groups in total. The van der Waals surface area contributed by atoms with Crippen molar-refractivity contribution in [3.63, 3.8) is 0 Å². The molecule has 1 unspecified atom stereocenters. The van der Waals surface area contributed by atoms with E-state index in [1.54, 1.807) is 7.11 Å². The summed E-state index contributed by atoms with van der Waals surface area (Å²) >= 11 is 0. The third-order valence-electron chi connectivity index (χ3n) is 6.15. The molecular formula is C25H35IN4O3. The maximum absolute atomic E-state index is 5.98. The van der Waals surface area contributed by atoms with Crippen molar-refractivity contribution in [3.8, 4) is 11.5 Å². The minimum atomic E-state index is 0. The number of benzene rings is 2. The lowest BCUT2D eigenvalue weighted by molar-refractivity contribution is 0.0195. The molecule has 8 heteroatoms. The third-order valence-corrected chi connectivity index (χ3v) is 6.15. The van der Waals surface area contributed by atoms with E-state index in [9.17, 15) is 0 Å². The van der Waals surface area contributed by atoms with Crippen molar-refractivity contribution in [1.29, 1.82) is 0 Å². The second-order valence-corrected chi connectivity index (χ2v) is 8.20. The molecule has 2 fully saturated rings. The number of likely N-dealkylation sites (tertiary alicyclic amines) is 1. The molecule has 0 aromatic heterocycles. The van der Waals surface area contributed by atoms with Gasteiger partial charge in [0.1, 0.15) is 6.61 Å². The van der Waals surface area contributed by atoms with Gasteiger partial charge in [0.15, 0.2) is 17.5 Å². The van der Waals surface area contributed by atoms with E-state index in [0.29, 0.717) is 19.2 Å². The Balaban J connectivity index is 0.00000306. The number of nitrogens with one attached hydrogen (secondary N) is 1. The van der Waals surface area contributed by atoms with Crippen LogP contribution in [0.4, 0.5) is 0 Å². The second-order valence-electron chi connectivity index (χ2n) is 8.20. The van der Waals surface area contributed by atoms with E-state index in [2.05, 4.69) is 38.3 Å². The highest BCUT2D eigenvalue weighted by Crippen LogP contribution is 2.29. The maximum atomic E-state index is 5.98. The van der Waals surface area contributed by atoms with Gasteiger partial charge in [-0.1, -0.05) is 36.4 Å². The first kappa shape index (κ1) is 25.6. The molecule has 2 aromatic rings.